The van der Waals surface area contributed by atoms with Crippen LogP contribution in [0.4, 0.5) is 11.4 Å². The number of nitro groups is 1. The molecule has 2 rings (SSSR count). The summed E-state index contributed by atoms with van der Waals surface area (Å²) in [4.78, 5) is 10.1. The highest BCUT2D eigenvalue weighted by Gasteiger charge is 2.21. The normalized spacial score (nSPS) is 17.0. The Bertz CT molecular complexity index is 365. The lowest BCUT2D eigenvalue weighted by Crippen LogP contribution is -2.97. The summed E-state index contributed by atoms with van der Waals surface area (Å²) in [6.07, 6.45) is 0. The number of anilines is 1. The zero-order valence-electron chi connectivity index (χ0n) is 8.46. The summed E-state index contributed by atoms with van der Waals surface area (Å²) in [6.45, 7) is 1.91. The maximum atomic E-state index is 10.5. The maximum Gasteiger partial charge on any atom is 0.269 e. The van der Waals surface area contributed by atoms with E-state index in [-0.39, 0.29) is 10.6 Å². The van der Waals surface area contributed by atoms with Gasteiger partial charge in [0.25, 0.3) is 5.69 Å². The summed E-state index contributed by atoms with van der Waals surface area (Å²) in [6, 6.07) is 6.60. The number of hydrogen-bond acceptors (Lipinski definition) is 4. The van der Waals surface area contributed by atoms with Crippen LogP contribution < -0.4 is 10.5 Å². The van der Waals surface area contributed by atoms with Crippen LogP contribution in [-0.2, 0) is 0 Å². The molecule has 0 atom stereocenters. The van der Waals surface area contributed by atoms with Crippen LogP contribution in [0.25, 0.3) is 0 Å². The van der Waals surface area contributed by atoms with Crippen molar-refractivity contribution >= 4 is 11.4 Å². The second kappa shape index (κ2) is 3.84. The van der Waals surface area contributed by atoms with Crippen LogP contribution in [0.3, 0.4) is 0 Å². The molecule has 2 N–H and O–H groups in total. The second-order valence-corrected chi connectivity index (χ2v) is 3.56. The first kappa shape index (κ1) is 9.88. The van der Waals surface area contributed by atoms with Gasteiger partial charge in [-0.3, -0.25) is 10.1 Å². The van der Waals surface area contributed by atoms with E-state index < -0.39 is 0 Å². The van der Waals surface area contributed by atoms with Gasteiger partial charge in [0.2, 0.25) is 0 Å². The molecule has 0 saturated carbocycles. The summed E-state index contributed by atoms with van der Waals surface area (Å²) in [7, 11) is 2.01. The number of likely N-dealkylation sites (N-methyl/N-ethyl adjacent to an activating group) is 1. The van der Waals surface area contributed by atoms with Gasteiger partial charge in [-0.2, -0.15) is 5.53 Å². The van der Waals surface area contributed by atoms with Gasteiger partial charge >= 0.3 is 0 Å². The van der Waals surface area contributed by atoms with Crippen molar-refractivity contribution in [2.24, 2.45) is 0 Å². The van der Waals surface area contributed by atoms with Gasteiger partial charge in [-0.1, -0.05) is 0 Å². The molecule has 1 aromatic carbocycles. The zero-order chi connectivity index (χ0) is 10.8. The molecule has 6 heteroatoms. The van der Waals surface area contributed by atoms with Crippen molar-refractivity contribution < 1.29 is 10.5 Å². The lowest BCUT2D eigenvalue weighted by Gasteiger charge is -2.13. The maximum absolute atomic E-state index is 10.5. The first-order chi connectivity index (χ1) is 7.16. The van der Waals surface area contributed by atoms with Gasteiger partial charge in [-0.15, -0.1) is 5.01 Å². The van der Waals surface area contributed by atoms with Gasteiger partial charge in [-0.05, 0) is 12.1 Å². The van der Waals surface area contributed by atoms with Gasteiger partial charge in [0.05, 0.1) is 23.7 Å². The van der Waals surface area contributed by atoms with Crippen LogP contribution >= 0.6 is 0 Å². The van der Waals surface area contributed by atoms with Crippen molar-refractivity contribution in [2.75, 3.05) is 25.1 Å². The van der Waals surface area contributed by atoms with Crippen molar-refractivity contribution in [1.29, 1.82) is 0 Å². The van der Waals surface area contributed by atoms with E-state index in [0.717, 1.165) is 18.8 Å². The standard InChI is InChI=1S/C9H12N4O2/c1-11-6-7-12(10-11)8-2-4-9(5-3-8)13(14)15/h2-5,10H,6-7H2,1H3/p+1. The Hall–Kier alpha value is -1.66. The van der Waals surface area contributed by atoms with Crippen molar-refractivity contribution in [3.63, 3.8) is 0 Å². The summed E-state index contributed by atoms with van der Waals surface area (Å²) in [5.41, 5.74) is 3.12. The summed E-state index contributed by atoms with van der Waals surface area (Å²) in [5.74, 6) is 0. The highest BCUT2D eigenvalue weighted by Crippen LogP contribution is 2.17. The van der Waals surface area contributed by atoms with E-state index in [9.17, 15) is 10.1 Å². The molecule has 1 aliphatic heterocycles. The fourth-order valence-corrected chi connectivity index (χ4v) is 1.58. The average molecular weight is 209 g/mol. The molecule has 0 bridgehead atoms. The Labute approximate surface area is 87.2 Å². The van der Waals surface area contributed by atoms with E-state index in [1.54, 1.807) is 12.1 Å². The molecule has 0 aliphatic carbocycles. The minimum absolute atomic E-state index is 0.131. The molecule has 1 aliphatic rings. The van der Waals surface area contributed by atoms with E-state index in [0.29, 0.717) is 0 Å². The van der Waals surface area contributed by atoms with E-state index in [1.165, 1.54) is 12.1 Å². The average Bonchev–Trinajstić information content (AvgIpc) is 2.65. The van der Waals surface area contributed by atoms with Gasteiger partial charge in [0, 0.05) is 19.2 Å². The van der Waals surface area contributed by atoms with Gasteiger partial charge in [-0.25, -0.2) is 5.01 Å². The Balaban J connectivity index is 2.13. The first-order valence-corrected chi connectivity index (χ1v) is 4.73. The van der Waals surface area contributed by atoms with E-state index in [2.05, 4.69) is 10.0 Å². The molecule has 0 aromatic heterocycles. The summed E-state index contributed by atoms with van der Waals surface area (Å²) in [5, 5.41) is 14.6. The predicted octanol–water partition coefficient (Wildman–Crippen LogP) is -0.260. The van der Waals surface area contributed by atoms with Crippen LogP contribution in [0.2, 0.25) is 0 Å². The highest BCUT2D eigenvalue weighted by atomic mass is 16.6. The van der Waals surface area contributed by atoms with Gasteiger partial charge < -0.3 is 0 Å². The minimum Gasteiger partial charge on any atom is -0.258 e. The molecule has 15 heavy (non-hydrogen) atoms. The fraction of sp³-hybridized carbons (Fsp3) is 0.333. The summed E-state index contributed by atoms with van der Waals surface area (Å²) < 4.78 is 0. The number of nitro benzene ring substituents is 1. The van der Waals surface area contributed by atoms with Crippen molar-refractivity contribution in [3.05, 3.63) is 34.4 Å². The Morgan fingerprint density at radius 3 is 2.47 bits per heavy atom. The van der Waals surface area contributed by atoms with E-state index >= 15 is 0 Å². The quantitative estimate of drug-likeness (QED) is 0.414. The number of quaternary nitrogens is 1. The number of rotatable bonds is 2. The number of hydrogen-bond donors (Lipinski definition) is 1. The van der Waals surface area contributed by atoms with Crippen LogP contribution in [0.1, 0.15) is 0 Å². The third-order valence-corrected chi connectivity index (χ3v) is 2.42. The fourth-order valence-electron chi connectivity index (χ4n) is 1.58. The summed E-state index contributed by atoms with van der Waals surface area (Å²) >= 11 is 0. The van der Waals surface area contributed by atoms with Crippen LogP contribution in [0, 0.1) is 10.1 Å². The molecule has 1 saturated heterocycles. The Morgan fingerprint density at radius 2 is 2.00 bits per heavy atom. The number of non-ortho nitro benzene ring substituents is 1. The minimum atomic E-state index is -0.385. The molecule has 0 unspecified atom stereocenters. The smallest absolute Gasteiger partial charge is 0.258 e. The van der Waals surface area contributed by atoms with E-state index in [4.69, 9.17) is 0 Å². The largest absolute Gasteiger partial charge is 0.269 e. The Kier molecular flexibility index (Phi) is 2.53. The van der Waals surface area contributed by atoms with Crippen molar-refractivity contribution in [2.45, 2.75) is 0 Å². The first-order valence-electron chi connectivity index (χ1n) is 4.73. The third kappa shape index (κ3) is 2.05. The molecule has 0 amide bonds. The molecule has 6 nitrogen and oxygen atoms in total. The van der Waals surface area contributed by atoms with Gasteiger partial charge in [0.1, 0.15) is 0 Å². The zero-order valence-corrected chi connectivity index (χ0v) is 8.46. The van der Waals surface area contributed by atoms with Crippen molar-refractivity contribution in [1.82, 2.24) is 5.01 Å². The molecule has 0 radical (unpaired) electrons. The highest BCUT2D eigenvalue weighted by molar-refractivity contribution is 5.48. The van der Waals surface area contributed by atoms with Crippen molar-refractivity contribution in [3.8, 4) is 0 Å². The molecule has 80 valence electrons. The molecular weight excluding hydrogens is 196 g/mol. The van der Waals surface area contributed by atoms with E-state index in [1.807, 2.05) is 12.6 Å². The molecular formula is C9H13N4O2+. The van der Waals surface area contributed by atoms with Crippen LogP contribution in [-0.4, -0.2) is 30.1 Å². The van der Waals surface area contributed by atoms with Crippen LogP contribution in [0.5, 0.6) is 0 Å². The molecule has 0 spiro atoms. The number of nitrogens with zero attached hydrogens (tertiary/aromatic N) is 3. The number of benzene rings is 1. The van der Waals surface area contributed by atoms with Crippen LogP contribution in [0.15, 0.2) is 24.3 Å². The second-order valence-electron chi connectivity index (χ2n) is 3.56. The topological polar surface area (TPSA) is 66.2 Å². The lowest BCUT2D eigenvalue weighted by atomic mass is 10.3. The molecule has 1 aromatic rings. The monoisotopic (exact) mass is 209 g/mol. The number of nitrogens with two attached hydrogens (primary N) is 1. The Morgan fingerprint density at radius 1 is 1.33 bits per heavy atom. The van der Waals surface area contributed by atoms with Gasteiger partial charge in [0.15, 0.2) is 0 Å². The molecule has 1 fully saturated rings. The SMILES string of the molecule is CN1CCN(c2ccc([N+](=O)[O-])cc2)[NH2+]1. The predicted molar refractivity (Wildman–Crippen MR) is 55.0 cm³/mol. The molecule has 1 heterocycles. The third-order valence-electron chi connectivity index (χ3n) is 2.42. The lowest BCUT2D eigenvalue weighted by molar-refractivity contribution is -0.788.